The van der Waals surface area contributed by atoms with Crippen LogP contribution in [0.4, 0.5) is 5.69 Å². The van der Waals surface area contributed by atoms with Gasteiger partial charge in [0.05, 0.1) is 10.7 Å². The van der Waals surface area contributed by atoms with Crippen molar-refractivity contribution in [1.29, 1.82) is 0 Å². The highest BCUT2D eigenvalue weighted by molar-refractivity contribution is 6.34. The fraction of sp³-hybridized carbons (Fsp3) is 0.176. The minimum atomic E-state index is -0.390. The van der Waals surface area contributed by atoms with Crippen LogP contribution >= 0.6 is 23.2 Å². The number of benzene rings is 2. The van der Waals surface area contributed by atoms with Gasteiger partial charge in [-0.3, -0.25) is 9.59 Å². The molecule has 7 heteroatoms. The van der Waals surface area contributed by atoms with E-state index in [1.54, 1.807) is 30.3 Å². The van der Waals surface area contributed by atoms with Crippen molar-refractivity contribution in [3.63, 3.8) is 0 Å². The van der Waals surface area contributed by atoms with Crippen LogP contribution in [0.2, 0.25) is 10.0 Å². The van der Waals surface area contributed by atoms with Crippen molar-refractivity contribution in [2.45, 2.75) is 6.92 Å². The molecule has 2 rings (SSSR count). The number of amides is 2. The molecule has 0 aliphatic heterocycles. The van der Waals surface area contributed by atoms with Crippen LogP contribution in [0.15, 0.2) is 36.4 Å². The summed E-state index contributed by atoms with van der Waals surface area (Å²) in [6.07, 6.45) is 0. The summed E-state index contributed by atoms with van der Waals surface area (Å²) in [6.45, 7) is 1.65. The molecule has 126 valence electrons. The molecule has 0 heterocycles. The average molecular weight is 367 g/mol. The third-order valence-electron chi connectivity index (χ3n) is 3.23. The van der Waals surface area contributed by atoms with Crippen LogP contribution in [0.25, 0.3) is 0 Å². The SMILES string of the molecule is CNC(=O)c1ccc(Cl)c(NC(=O)COc2ccc(Cl)c(C)c2)c1. The molecule has 2 amide bonds. The van der Waals surface area contributed by atoms with Crippen molar-refractivity contribution in [2.24, 2.45) is 0 Å². The molecule has 0 saturated carbocycles. The van der Waals surface area contributed by atoms with Gasteiger partial charge < -0.3 is 15.4 Å². The molecule has 24 heavy (non-hydrogen) atoms. The number of anilines is 1. The second-order valence-corrected chi connectivity index (χ2v) is 5.84. The Kier molecular flexibility index (Phi) is 6.06. The van der Waals surface area contributed by atoms with Gasteiger partial charge in [-0.25, -0.2) is 0 Å². The van der Waals surface area contributed by atoms with Gasteiger partial charge >= 0.3 is 0 Å². The summed E-state index contributed by atoms with van der Waals surface area (Å²) in [6, 6.07) is 9.75. The monoisotopic (exact) mass is 366 g/mol. The Morgan fingerprint density at radius 1 is 1.08 bits per heavy atom. The summed E-state index contributed by atoms with van der Waals surface area (Å²) >= 11 is 12.0. The van der Waals surface area contributed by atoms with Gasteiger partial charge in [0, 0.05) is 17.6 Å². The van der Waals surface area contributed by atoms with E-state index in [0.717, 1.165) is 5.56 Å². The fourth-order valence-electron chi connectivity index (χ4n) is 1.95. The van der Waals surface area contributed by atoms with E-state index in [4.69, 9.17) is 27.9 Å². The first-order valence-corrected chi connectivity index (χ1v) is 7.86. The van der Waals surface area contributed by atoms with Gasteiger partial charge in [-0.1, -0.05) is 23.2 Å². The Hall–Kier alpha value is -2.24. The number of carbonyl (C=O) groups excluding carboxylic acids is 2. The lowest BCUT2D eigenvalue weighted by Gasteiger charge is -2.11. The number of hydrogen-bond acceptors (Lipinski definition) is 3. The standard InChI is InChI=1S/C17H16Cl2N2O3/c1-10-7-12(4-6-13(10)18)24-9-16(22)21-15-8-11(17(23)20-2)3-5-14(15)19/h3-8H,9H2,1-2H3,(H,20,23)(H,21,22). The lowest BCUT2D eigenvalue weighted by Crippen LogP contribution is -2.21. The van der Waals surface area contributed by atoms with Gasteiger partial charge in [-0.15, -0.1) is 0 Å². The van der Waals surface area contributed by atoms with Crippen molar-refractivity contribution in [1.82, 2.24) is 5.32 Å². The average Bonchev–Trinajstić information content (AvgIpc) is 2.57. The van der Waals surface area contributed by atoms with E-state index in [1.165, 1.54) is 13.1 Å². The third-order valence-corrected chi connectivity index (χ3v) is 3.98. The second kappa shape index (κ2) is 8.04. The van der Waals surface area contributed by atoms with E-state index < -0.39 is 5.91 Å². The van der Waals surface area contributed by atoms with E-state index in [-0.39, 0.29) is 12.5 Å². The number of carbonyl (C=O) groups is 2. The summed E-state index contributed by atoms with van der Waals surface area (Å²) in [5.74, 6) is -0.120. The van der Waals surface area contributed by atoms with Crippen LogP contribution in [0.3, 0.4) is 0 Å². The van der Waals surface area contributed by atoms with Gasteiger partial charge in [0.1, 0.15) is 5.75 Å². The first kappa shape index (κ1) is 18.1. The molecule has 0 radical (unpaired) electrons. The largest absolute Gasteiger partial charge is 0.484 e. The topological polar surface area (TPSA) is 67.4 Å². The molecular weight excluding hydrogens is 351 g/mol. The molecule has 0 aliphatic carbocycles. The zero-order chi connectivity index (χ0) is 17.7. The van der Waals surface area contributed by atoms with E-state index in [2.05, 4.69) is 10.6 Å². The molecule has 5 nitrogen and oxygen atoms in total. The smallest absolute Gasteiger partial charge is 0.262 e. The molecule has 0 aliphatic rings. The number of hydrogen-bond donors (Lipinski definition) is 2. The Bertz CT molecular complexity index is 778. The van der Waals surface area contributed by atoms with E-state index >= 15 is 0 Å². The highest BCUT2D eigenvalue weighted by Gasteiger charge is 2.11. The summed E-state index contributed by atoms with van der Waals surface area (Å²) in [5.41, 5.74) is 1.60. The molecule has 0 atom stereocenters. The van der Waals surface area contributed by atoms with Crippen LogP contribution in [0, 0.1) is 6.92 Å². The van der Waals surface area contributed by atoms with E-state index in [0.29, 0.717) is 27.0 Å². The predicted octanol–water partition coefficient (Wildman–Crippen LogP) is 3.68. The van der Waals surface area contributed by atoms with Crippen molar-refractivity contribution < 1.29 is 14.3 Å². The zero-order valence-electron chi connectivity index (χ0n) is 13.2. The van der Waals surface area contributed by atoms with Crippen molar-refractivity contribution >= 4 is 40.7 Å². The van der Waals surface area contributed by atoms with Crippen LogP contribution in [0.1, 0.15) is 15.9 Å². The van der Waals surface area contributed by atoms with Crippen molar-refractivity contribution in [3.8, 4) is 5.75 Å². The number of halogens is 2. The van der Waals surface area contributed by atoms with Crippen molar-refractivity contribution in [3.05, 3.63) is 57.6 Å². The predicted molar refractivity (Wildman–Crippen MR) is 95.2 cm³/mol. The molecule has 2 N–H and O–H groups in total. The Morgan fingerprint density at radius 3 is 2.46 bits per heavy atom. The molecule has 0 fully saturated rings. The minimum Gasteiger partial charge on any atom is -0.484 e. The van der Waals surface area contributed by atoms with Crippen molar-refractivity contribution in [2.75, 3.05) is 19.0 Å². The molecule has 0 unspecified atom stereocenters. The van der Waals surface area contributed by atoms with Gasteiger partial charge in [-0.2, -0.15) is 0 Å². The number of rotatable bonds is 5. The maximum atomic E-state index is 12.0. The Morgan fingerprint density at radius 2 is 1.79 bits per heavy atom. The van der Waals surface area contributed by atoms with Crippen LogP contribution in [-0.2, 0) is 4.79 Å². The number of aryl methyl sites for hydroxylation is 1. The van der Waals surface area contributed by atoms with Crippen LogP contribution in [-0.4, -0.2) is 25.5 Å². The number of ether oxygens (including phenoxy) is 1. The molecule has 2 aromatic rings. The summed E-state index contributed by atoms with van der Waals surface area (Å²) in [7, 11) is 1.52. The fourth-order valence-corrected chi connectivity index (χ4v) is 2.23. The highest BCUT2D eigenvalue weighted by atomic mass is 35.5. The van der Waals surface area contributed by atoms with E-state index in [1.807, 2.05) is 6.92 Å². The highest BCUT2D eigenvalue weighted by Crippen LogP contribution is 2.24. The molecule has 0 bridgehead atoms. The summed E-state index contributed by atoms with van der Waals surface area (Å²) < 4.78 is 5.42. The maximum Gasteiger partial charge on any atom is 0.262 e. The Balaban J connectivity index is 2.01. The van der Waals surface area contributed by atoms with Crippen LogP contribution < -0.4 is 15.4 Å². The quantitative estimate of drug-likeness (QED) is 0.847. The third kappa shape index (κ3) is 4.63. The van der Waals surface area contributed by atoms with Gasteiger partial charge in [0.2, 0.25) is 0 Å². The zero-order valence-corrected chi connectivity index (χ0v) is 14.7. The summed E-state index contributed by atoms with van der Waals surface area (Å²) in [5, 5.41) is 6.09. The minimum absolute atomic E-state index is 0.193. The maximum absolute atomic E-state index is 12.0. The first-order chi connectivity index (χ1) is 11.4. The molecule has 0 spiro atoms. The lowest BCUT2D eigenvalue weighted by molar-refractivity contribution is -0.118. The van der Waals surface area contributed by atoms with Crippen LogP contribution in [0.5, 0.6) is 5.75 Å². The lowest BCUT2D eigenvalue weighted by atomic mass is 10.2. The van der Waals surface area contributed by atoms with E-state index in [9.17, 15) is 9.59 Å². The second-order valence-electron chi connectivity index (χ2n) is 5.02. The van der Waals surface area contributed by atoms with Gasteiger partial charge in [0.25, 0.3) is 11.8 Å². The molecule has 0 aromatic heterocycles. The van der Waals surface area contributed by atoms with Gasteiger partial charge in [0.15, 0.2) is 6.61 Å². The Labute approximate surface area is 149 Å². The molecule has 2 aromatic carbocycles. The number of nitrogens with one attached hydrogen (secondary N) is 2. The normalized spacial score (nSPS) is 10.2. The van der Waals surface area contributed by atoms with Gasteiger partial charge in [-0.05, 0) is 48.9 Å². The summed E-state index contributed by atoms with van der Waals surface area (Å²) in [4.78, 5) is 23.6. The molecule has 0 saturated heterocycles. The first-order valence-electron chi connectivity index (χ1n) is 7.11. The molecular formula is C17H16Cl2N2O3.